The van der Waals surface area contributed by atoms with E-state index >= 15 is 0 Å². The zero-order chi connectivity index (χ0) is 17.1. The van der Waals surface area contributed by atoms with Gasteiger partial charge in [-0.15, -0.1) is 0 Å². The molecule has 0 saturated heterocycles. The Morgan fingerprint density at radius 2 is 1.52 bits per heavy atom. The van der Waals surface area contributed by atoms with E-state index in [2.05, 4.69) is 52.1 Å². The third-order valence-corrected chi connectivity index (χ3v) is 9.08. The van der Waals surface area contributed by atoms with Crippen molar-refractivity contribution in [3.8, 4) is 0 Å². The molecule has 0 unspecified atom stereocenters. The summed E-state index contributed by atoms with van der Waals surface area (Å²) in [6.07, 6.45) is 2.09. The van der Waals surface area contributed by atoms with Crippen LogP contribution in [0.2, 0.25) is 23.2 Å². The molecule has 23 heavy (non-hydrogen) atoms. The molecule has 0 aliphatic carbocycles. The van der Waals surface area contributed by atoms with Crippen molar-refractivity contribution in [1.29, 1.82) is 0 Å². The van der Waals surface area contributed by atoms with E-state index < -0.39 is 8.32 Å². The summed E-state index contributed by atoms with van der Waals surface area (Å²) in [6.45, 7) is 11.2. The fraction of sp³-hybridized carbons (Fsp3) is 0.300. The second-order valence-electron chi connectivity index (χ2n) is 7.26. The van der Waals surface area contributed by atoms with Gasteiger partial charge in [-0.25, -0.2) is 0 Å². The van der Waals surface area contributed by atoms with Crippen molar-refractivity contribution in [3.05, 3.63) is 70.7 Å². The maximum Gasteiger partial charge on any atom is 0.250 e. The molecule has 0 aliphatic heterocycles. The Hall–Kier alpha value is -1.51. The van der Waals surface area contributed by atoms with Gasteiger partial charge in [0.05, 0.1) is 5.02 Å². The van der Waals surface area contributed by atoms with Gasteiger partial charge in [-0.3, -0.25) is 0 Å². The zero-order valence-corrected chi connectivity index (χ0v) is 16.3. The van der Waals surface area contributed by atoms with Crippen LogP contribution < -0.4 is 0 Å². The van der Waals surface area contributed by atoms with Crippen LogP contribution in [0.5, 0.6) is 0 Å². The minimum Gasteiger partial charge on any atom is -0.543 e. The van der Waals surface area contributed by atoms with Crippen LogP contribution >= 0.6 is 11.6 Å². The Morgan fingerprint density at radius 1 is 0.957 bits per heavy atom. The molecule has 0 aromatic heterocycles. The van der Waals surface area contributed by atoms with E-state index in [9.17, 15) is 0 Å². The van der Waals surface area contributed by atoms with E-state index in [0.717, 1.165) is 16.9 Å². The molecule has 3 heteroatoms. The third-order valence-electron chi connectivity index (χ3n) is 4.41. The highest BCUT2D eigenvalue weighted by Crippen LogP contribution is 2.40. The zero-order valence-electron chi connectivity index (χ0n) is 14.6. The predicted octanol–water partition coefficient (Wildman–Crippen LogP) is 6.86. The van der Waals surface area contributed by atoms with Crippen molar-refractivity contribution in [2.24, 2.45) is 0 Å². The molecule has 0 bridgehead atoms. The lowest BCUT2D eigenvalue weighted by Crippen LogP contribution is -2.40. The molecule has 1 nitrogen and oxygen atoms in total. The van der Waals surface area contributed by atoms with Crippen molar-refractivity contribution in [2.75, 3.05) is 0 Å². The van der Waals surface area contributed by atoms with E-state index in [0.29, 0.717) is 5.02 Å². The summed E-state index contributed by atoms with van der Waals surface area (Å²) < 4.78 is 6.59. The summed E-state index contributed by atoms with van der Waals surface area (Å²) in [5.74, 6) is 0.855. The van der Waals surface area contributed by atoms with Gasteiger partial charge in [0.15, 0.2) is 0 Å². The lowest BCUT2D eigenvalue weighted by Gasteiger charge is -2.37. The second-order valence-corrected chi connectivity index (χ2v) is 12.4. The highest BCUT2D eigenvalue weighted by atomic mass is 35.5. The van der Waals surface area contributed by atoms with E-state index in [1.165, 1.54) is 0 Å². The number of hydrogen-bond donors (Lipinski definition) is 0. The van der Waals surface area contributed by atoms with E-state index in [4.69, 9.17) is 16.0 Å². The third kappa shape index (κ3) is 4.49. The topological polar surface area (TPSA) is 9.23 Å². The Bertz CT molecular complexity index is 684. The highest BCUT2D eigenvalue weighted by molar-refractivity contribution is 6.74. The van der Waals surface area contributed by atoms with Crippen LogP contribution in [0, 0.1) is 0 Å². The SMILES string of the molecule is CC(C)(C)[Si](C)(C)O/C(=C\c1ccccc1)c1ccccc1Cl. The van der Waals surface area contributed by atoms with Gasteiger partial charge in [0.1, 0.15) is 5.76 Å². The summed E-state index contributed by atoms with van der Waals surface area (Å²) >= 11 is 6.42. The summed E-state index contributed by atoms with van der Waals surface area (Å²) in [6, 6.07) is 18.1. The molecule has 0 fully saturated rings. The smallest absolute Gasteiger partial charge is 0.250 e. The molecule has 0 N–H and O–H groups in total. The molecule has 122 valence electrons. The molecule has 2 rings (SSSR count). The molecule has 0 radical (unpaired) electrons. The number of rotatable bonds is 4. The molecule has 2 aromatic rings. The van der Waals surface area contributed by atoms with Gasteiger partial charge in [0, 0.05) is 5.56 Å². The average Bonchev–Trinajstić information content (AvgIpc) is 2.47. The van der Waals surface area contributed by atoms with Crippen molar-refractivity contribution in [2.45, 2.75) is 38.9 Å². The van der Waals surface area contributed by atoms with E-state index in [1.807, 2.05) is 42.5 Å². The lowest BCUT2D eigenvalue weighted by molar-refractivity contribution is 0.460. The Balaban J connectivity index is 2.49. The molecule has 2 aromatic carbocycles. The van der Waals surface area contributed by atoms with Crippen LogP contribution in [-0.4, -0.2) is 8.32 Å². The molecule has 0 amide bonds. The van der Waals surface area contributed by atoms with Gasteiger partial charge >= 0.3 is 0 Å². The second kappa shape index (κ2) is 6.94. The summed E-state index contributed by atoms with van der Waals surface area (Å²) in [7, 11) is -1.95. The average molecular weight is 345 g/mol. The minimum absolute atomic E-state index is 0.129. The maximum atomic E-state index is 6.59. The normalized spacial score (nSPS) is 13.0. The minimum atomic E-state index is -1.95. The van der Waals surface area contributed by atoms with E-state index in [1.54, 1.807) is 0 Å². The predicted molar refractivity (Wildman–Crippen MR) is 104 cm³/mol. The quantitative estimate of drug-likeness (QED) is 0.334. The molecule has 0 atom stereocenters. The summed E-state index contributed by atoms with van der Waals surface area (Å²) in [4.78, 5) is 0. The molecular weight excluding hydrogens is 320 g/mol. The first-order valence-electron chi connectivity index (χ1n) is 7.91. The first-order valence-corrected chi connectivity index (χ1v) is 11.2. The summed E-state index contributed by atoms with van der Waals surface area (Å²) in [5.41, 5.74) is 2.06. The first-order chi connectivity index (χ1) is 10.7. The fourth-order valence-corrected chi connectivity index (χ4v) is 3.21. The van der Waals surface area contributed by atoms with Gasteiger partial charge in [0.25, 0.3) is 8.32 Å². The standard InChI is InChI=1S/C20H25ClOSi/c1-20(2,3)23(4,5)22-19(15-16-11-7-6-8-12-16)17-13-9-10-14-18(17)21/h6-15H,1-5H3/b19-15-. The number of hydrogen-bond acceptors (Lipinski definition) is 1. The first kappa shape index (κ1) is 17.8. The monoisotopic (exact) mass is 344 g/mol. The van der Waals surface area contributed by atoms with Crippen LogP contribution in [0.3, 0.4) is 0 Å². The van der Waals surface area contributed by atoms with Crippen LogP contribution in [0.15, 0.2) is 54.6 Å². The van der Waals surface area contributed by atoms with Gasteiger partial charge in [-0.1, -0.05) is 74.8 Å². The highest BCUT2D eigenvalue weighted by Gasteiger charge is 2.39. The molecule has 0 heterocycles. The van der Waals surface area contributed by atoms with Crippen LogP contribution in [0.4, 0.5) is 0 Å². The molecule has 0 aliphatic rings. The number of halogens is 1. The largest absolute Gasteiger partial charge is 0.543 e. The number of benzene rings is 2. The maximum absolute atomic E-state index is 6.59. The van der Waals surface area contributed by atoms with Crippen molar-refractivity contribution >= 4 is 31.8 Å². The van der Waals surface area contributed by atoms with Gasteiger partial charge in [-0.05, 0) is 41.9 Å². The van der Waals surface area contributed by atoms with Gasteiger partial charge < -0.3 is 4.43 Å². The molecular formula is C20H25ClOSi. The van der Waals surface area contributed by atoms with Gasteiger partial charge in [0.2, 0.25) is 0 Å². The molecule has 0 spiro atoms. The van der Waals surface area contributed by atoms with E-state index in [-0.39, 0.29) is 5.04 Å². The van der Waals surface area contributed by atoms with Crippen molar-refractivity contribution < 1.29 is 4.43 Å². The van der Waals surface area contributed by atoms with Crippen molar-refractivity contribution in [3.63, 3.8) is 0 Å². The lowest BCUT2D eigenvalue weighted by atomic mass is 10.1. The van der Waals surface area contributed by atoms with Crippen LogP contribution in [0.1, 0.15) is 31.9 Å². The van der Waals surface area contributed by atoms with Gasteiger partial charge in [-0.2, -0.15) is 0 Å². The van der Waals surface area contributed by atoms with Crippen molar-refractivity contribution in [1.82, 2.24) is 0 Å². The Labute approximate surface area is 146 Å². The van der Waals surface area contributed by atoms with Crippen LogP contribution in [0.25, 0.3) is 11.8 Å². The Kier molecular flexibility index (Phi) is 5.38. The van der Waals surface area contributed by atoms with Crippen LogP contribution in [-0.2, 0) is 4.43 Å². The fourth-order valence-electron chi connectivity index (χ4n) is 1.95. The Morgan fingerprint density at radius 3 is 2.09 bits per heavy atom. The summed E-state index contributed by atoms with van der Waals surface area (Å²) in [5, 5.41) is 0.845. The molecule has 0 saturated carbocycles.